The van der Waals surface area contributed by atoms with Gasteiger partial charge in [0.1, 0.15) is 5.75 Å². The minimum atomic E-state index is 0.136. The summed E-state index contributed by atoms with van der Waals surface area (Å²) in [6.45, 7) is 2.07. The van der Waals surface area contributed by atoms with Crippen LogP contribution in [0, 0.1) is 0 Å². The van der Waals surface area contributed by atoms with Gasteiger partial charge in [0.25, 0.3) is 0 Å². The van der Waals surface area contributed by atoms with E-state index in [9.17, 15) is 0 Å². The molecular weight excluding hydrogens is 348 g/mol. The molecule has 2 aromatic rings. The van der Waals surface area contributed by atoms with Gasteiger partial charge in [-0.15, -0.1) is 0 Å². The van der Waals surface area contributed by atoms with Crippen LogP contribution in [-0.2, 0) is 0 Å². The summed E-state index contributed by atoms with van der Waals surface area (Å²) >= 11 is 8.77. The quantitative estimate of drug-likeness (QED) is 0.782. The molecule has 0 aliphatic carbocycles. The Labute approximate surface area is 138 Å². The number of ether oxygens (including phenoxy) is 1. The van der Waals surface area contributed by atoms with Crippen molar-refractivity contribution in [3.63, 3.8) is 0 Å². The Kier molecular flexibility index (Phi) is 5.59. The van der Waals surface area contributed by atoms with E-state index in [0.717, 1.165) is 15.9 Å². The van der Waals surface area contributed by atoms with Gasteiger partial charge in [-0.1, -0.05) is 28.1 Å². The Hall–Kier alpha value is -1.59. The van der Waals surface area contributed by atoms with Crippen molar-refractivity contribution in [2.75, 3.05) is 12.4 Å². The smallest absolute Gasteiger partial charge is 0.171 e. The van der Waals surface area contributed by atoms with E-state index in [1.54, 1.807) is 7.11 Å². The molecule has 0 amide bonds. The van der Waals surface area contributed by atoms with E-state index in [1.807, 2.05) is 36.4 Å². The van der Waals surface area contributed by atoms with Gasteiger partial charge in [0.15, 0.2) is 5.11 Å². The van der Waals surface area contributed by atoms with Gasteiger partial charge in [0.2, 0.25) is 0 Å². The lowest BCUT2D eigenvalue weighted by Gasteiger charge is -2.17. The van der Waals surface area contributed by atoms with Gasteiger partial charge in [-0.3, -0.25) is 0 Å². The molecule has 0 radical (unpaired) electrons. The van der Waals surface area contributed by atoms with Crippen LogP contribution in [-0.4, -0.2) is 12.2 Å². The largest absolute Gasteiger partial charge is 0.497 e. The van der Waals surface area contributed by atoms with E-state index in [1.165, 1.54) is 5.56 Å². The molecule has 0 fully saturated rings. The Morgan fingerprint density at radius 2 is 1.71 bits per heavy atom. The molecule has 0 unspecified atom stereocenters. The van der Waals surface area contributed by atoms with Crippen LogP contribution < -0.4 is 15.4 Å². The lowest BCUT2D eigenvalue weighted by atomic mass is 10.1. The van der Waals surface area contributed by atoms with Gasteiger partial charge in [0, 0.05) is 10.2 Å². The second kappa shape index (κ2) is 7.43. The third-order valence-electron chi connectivity index (χ3n) is 3.07. The molecule has 0 aliphatic rings. The molecule has 2 rings (SSSR count). The Balaban J connectivity index is 1.92. The number of nitrogens with one attached hydrogen (secondary N) is 2. The Bertz CT molecular complexity index is 599. The maximum Gasteiger partial charge on any atom is 0.171 e. The van der Waals surface area contributed by atoms with Gasteiger partial charge in [-0.2, -0.15) is 0 Å². The molecule has 0 aromatic heterocycles. The maximum atomic E-state index is 5.34. The zero-order valence-corrected chi connectivity index (χ0v) is 14.3. The molecule has 2 aromatic carbocycles. The average molecular weight is 365 g/mol. The van der Waals surface area contributed by atoms with Crippen LogP contribution in [0.5, 0.6) is 5.75 Å². The highest BCUT2D eigenvalue weighted by molar-refractivity contribution is 9.10. The molecule has 1 atom stereocenters. The predicted molar refractivity (Wildman–Crippen MR) is 94.9 cm³/mol. The molecule has 110 valence electrons. The van der Waals surface area contributed by atoms with Crippen LogP contribution in [0.2, 0.25) is 0 Å². The van der Waals surface area contributed by atoms with Crippen molar-refractivity contribution < 1.29 is 4.74 Å². The van der Waals surface area contributed by atoms with Crippen LogP contribution in [0.1, 0.15) is 18.5 Å². The van der Waals surface area contributed by atoms with Gasteiger partial charge >= 0.3 is 0 Å². The molecule has 3 nitrogen and oxygen atoms in total. The summed E-state index contributed by atoms with van der Waals surface area (Å²) in [5, 5.41) is 7.02. The van der Waals surface area contributed by atoms with E-state index in [0.29, 0.717) is 5.11 Å². The second-order valence-electron chi connectivity index (χ2n) is 4.60. The molecular formula is C16H17BrN2OS. The molecule has 0 saturated carbocycles. The number of anilines is 1. The first-order valence-electron chi connectivity index (χ1n) is 6.55. The van der Waals surface area contributed by atoms with Gasteiger partial charge in [-0.25, -0.2) is 0 Å². The number of rotatable bonds is 4. The Morgan fingerprint density at radius 1 is 1.10 bits per heavy atom. The topological polar surface area (TPSA) is 33.3 Å². The summed E-state index contributed by atoms with van der Waals surface area (Å²) < 4.78 is 6.19. The van der Waals surface area contributed by atoms with E-state index < -0.39 is 0 Å². The first-order valence-corrected chi connectivity index (χ1v) is 7.75. The van der Waals surface area contributed by atoms with E-state index >= 15 is 0 Å². The SMILES string of the molecule is COc1ccc(NC(=S)N[C@H](C)c2ccc(Br)cc2)cc1. The molecule has 0 saturated heterocycles. The summed E-state index contributed by atoms with van der Waals surface area (Å²) in [6.07, 6.45) is 0. The van der Waals surface area contributed by atoms with Crippen molar-refractivity contribution in [1.29, 1.82) is 0 Å². The van der Waals surface area contributed by atoms with Crippen LogP contribution in [0.25, 0.3) is 0 Å². The third kappa shape index (κ3) is 4.72. The van der Waals surface area contributed by atoms with Gasteiger partial charge < -0.3 is 15.4 Å². The standard InChI is InChI=1S/C16H17BrN2OS/c1-11(12-3-5-13(17)6-4-12)18-16(21)19-14-7-9-15(20-2)10-8-14/h3-11H,1-2H3,(H2,18,19,21)/t11-/m1/s1. The number of benzene rings is 2. The van der Waals surface area contributed by atoms with Gasteiger partial charge in [0.05, 0.1) is 13.2 Å². The number of methoxy groups -OCH3 is 1. The van der Waals surface area contributed by atoms with Crippen LogP contribution >= 0.6 is 28.1 Å². The highest BCUT2D eigenvalue weighted by Gasteiger charge is 2.07. The summed E-state index contributed by atoms with van der Waals surface area (Å²) in [6, 6.07) is 16.0. The number of hydrogen-bond donors (Lipinski definition) is 2. The maximum absolute atomic E-state index is 5.34. The zero-order chi connectivity index (χ0) is 15.2. The van der Waals surface area contributed by atoms with Crippen molar-refractivity contribution >= 4 is 38.9 Å². The first-order chi connectivity index (χ1) is 10.1. The minimum absolute atomic E-state index is 0.136. The number of hydrogen-bond acceptors (Lipinski definition) is 2. The summed E-state index contributed by atoms with van der Waals surface area (Å²) in [7, 11) is 1.65. The van der Waals surface area contributed by atoms with Gasteiger partial charge in [-0.05, 0) is 61.1 Å². The summed E-state index contributed by atoms with van der Waals surface area (Å²) in [5.41, 5.74) is 2.10. The van der Waals surface area contributed by atoms with E-state index in [2.05, 4.69) is 45.6 Å². The van der Waals surface area contributed by atoms with Crippen molar-refractivity contribution in [2.24, 2.45) is 0 Å². The highest BCUT2D eigenvalue weighted by atomic mass is 79.9. The van der Waals surface area contributed by atoms with Crippen molar-refractivity contribution in [3.8, 4) is 5.75 Å². The zero-order valence-electron chi connectivity index (χ0n) is 11.9. The molecule has 0 bridgehead atoms. The second-order valence-corrected chi connectivity index (χ2v) is 5.92. The third-order valence-corrected chi connectivity index (χ3v) is 3.81. The number of thiocarbonyl (C=S) groups is 1. The van der Waals surface area contributed by atoms with Crippen molar-refractivity contribution in [3.05, 3.63) is 58.6 Å². The normalized spacial score (nSPS) is 11.6. The fourth-order valence-electron chi connectivity index (χ4n) is 1.87. The molecule has 2 N–H and O–H groups in total. The number of halogens is 1. The lowest BCUT2D eigenvalue weighted by molar-refractivity contribution is 0.415. The van der Waals surface area contributed by atoms with Crippen LogP contribution in [0.15, 0.2) is 53.0 Å². The van der Waals surface area contributed by atoms with Crippen molar-refractivity contribution in [2.45, 2.75) is 13.0 Å². The molecule has 21 heavy (non-hydrogen) atoms. The first kappa shape index (κ1) is 15.8. The highest BCUT2D eigenvalue weighted by Crippen LogP contribution is 2.18. The van der Waals surface area contributed by atoms with Crippen molar-refractivity contribution in [1.82, 2.24) is 5.32 Å². The summed E-state index contributed by atoms with van der Waals surface area (Å²) in [4.78, 5) is 0. The average Bonchev–Trinajstić information content (AvgIpc) is 2.48. The minimum Gasteiger partial charge on any atom is -0.497 e. The molecule has 0 heterocycles. The van der Waals surface area contributed by atoms with E-state index in [4.69, 9.17) is 17.0 Å². The summed E-state index contributed by atoms with van der Waals surface area (Å²) in [5.74, 6) is 0.822. The molecule has 0 aliphatic heterocycles. The van der Waals surface area contributed by atoms with Crippen LogP contribution in [0.3, 0.4) is 0 Å². The van der Waals surface area contributed by atoms with E-state index in [-0.39, 0.29) is 6.04 Å². The predicted octanol–water partition coefficient (Wildman–Crippen LogP) is 4.51. The lowest BCUT2D eigenvalue weighted by Crippen LogP contribution is -2.30. The van der Waals surface area contributed by atoms with Crippen LogP contribution in [0.4, 0.5) is 5.69 Å². The monoisotopic (exact) mass is 364 g/mol. The fraction of sp³-hybridized carbons (Fsp3) is 0.188. The Morgan fingerprint density at radius 3 is 2.29 bits per heavy atom. The fourth-order valence-corrected chi connectivity index (χ4v) is 2.43. The molecule has 5 heteroatoms. The molecule has 0 spiro atoms.